The molecule has 0 bridgehead atoms. The highest BCUT2D eigenvalue weighted by molar-refractivity contribution is 7.91. The minimum atomic E-state index is -4.99. The lowest BCUT2D eigenvalue weighted by Gasteiger charge is -2.33. The highest BCUT2D eigenvalue weighted by Crippen LogP contribution is 2.46. The maximum atomic E-state index is 15.1. The zero-order chi connectivity index (χ0) is 28.8. The molecule has 2 N–H and O–H groups in total. The lowest BCUT2D eigenvalue weighted by Crippen LogP contribution is -2.30. The first kappa shape index (κ1) is 28.1. The van der Waals surface area contributed by atoms with Crippen LogP contribution in [0.1, 0.15) is 46.6 Å². The molecular weight excluding hydrogens is 549 g/mol. The number of alkyl halides is 4. The maximum absolute atomic E-state index is 15.1. The van der Waals surface area contributed by atoms with Crippen molar-refractivity contribution < 1.29 is 40.4 Å². The van der Waals surface area contributed by atoms with Crippen LogP contribution in [0, 0.1) is 17.5 Å². The number of rotatable bonds is 7. The highest BCUT2D eigenvalue weighted by Gasteiger charge is 2.42. The van der Waals surface area contributed by atoms with Crippen molar-refractivity contribution in [3.8, 4) is 17.5 Å². The van der Waals surface area contributed by atoms with E-state index in [4.69, 9.17) is 14.3 Å². The summed E-state index contributed by atoms with van der Waals surface area (Å²) in [7, 11) is -2.07. The number of hydrogen-bond donors (Lipinski definition) is 2. The molecule has 1 aromatic carbocycles. The average Bonchev–Trinajstić information content (AvgIpc) is 2.82. The lowest BCUT2D eigenvalue weighted by molar-refractivity contribution is -0.142. The Balaban J connectivity index is 1.79. The zero-order valence-electron chi connectivity index (χ0n) is 20.8. The normalized spacial score (nSPS) is 16.1. The van der Waals surface area contributed by atoms with E-state index in [0.717, 1.165) is 26.4 Å². The van der Waals surface area contributed by atoms with Crippen molar-refractivity contribution in [2.75, 3.05) is 18.7 Å². The number of anilines is 1. The van der Waals surface area contributed by atoms with Gasteiger partial charge in [-0.3, -0.25) is 4.79 Å². The van der Waals surface area contributed by atoms with Gasteiger partial charge in [0, 0.05) is 22.9 Å². The topological polar surface area (TPSA) is 127 Å². The monoisotopic (exact) mass is 571 g/mol. The predicted molar refractivity (Wildman–Crippen MR) is 129 cm³/mol. The van der Waals surface area contributed by atoms with Crippen LogP contribution in [0.15, 0.2) is 35.2 Å². The van der Waals surface area contributed by atoms with Gasteiger partial charge in [-0.15, -0.1) is 10.2 Å². The molecule has 2 aromatic heterocycles. The number of carbonyl (C=O) groups is 1. The molecule has 1 atom stereocenters. The number of nitrogens with zero attached hydrogens (tertiary/aromatic N) is 3. The smallest absolute Gasteiger partial charge is 0.435 e. The van der Waals surface area contributed by atoms with Gasteiger partial charge in [-0.2, -0.15) is 13.2 Å². The van der Waals surface area contributed by atoms with Gasteiger partial charge in [-0.1, -0.05) is 6.07 Å². The van der Waals surface area contributed by atoms with Gasteiger partial charge in [-0.25, -0.2) is 22.8 Å². The molecule has 1 aliphatic rings. The summed E-state index contributed by atoms with van der Waals surface area (Å²) >= 11 is 0. The van der Waals surface area contributed by atoms with E-state index in [9.17, 15) is 26.6 Å². The van der Waals surface area contributed by atoms with Crippen LogP contribution >= 0.6 is 0 Å². The Bertz CT molecular complexity index is 1560. The largest absolute Gasteiger partial charge is 0.478 e. The summed E-state index contributed by atoms with van der Waals surface area (Å²) in [6.45, 7) is 0.955. The molecule has 0 aliphatic heterocycles. The lowest BCUT2D eigenvalue weighted by atomic mass is 9.79. The summed E-state index contributed by atoms with van der Waals surface area (Å²) in [5.41, 5.74) is -4.97. The van der Waals surface area contributed by atoms with Gasteiger partial charge in [-0.05, 0) is 49.9 Å². The third-order valence-electron chi connectivity index (χ3n) is 6.12. The van der Waals surface area contributed by atoms with E-state index < -0.39 is 67.6 Å². The second kappa shape index (κ2) is 10.0. The van der Waals surface area contributed by atoms with Gasteiger partial charge < -0.3 is 14.8 Å². The molecule has 1 aliphatic carbocycles. The molecule has 0 saturated heterocycles. The van der Waals surface area contributed by atoms with E-state index in [1.807, 2.05) is 0 Å². The van der Waals surface area contributed by atoms with Crippen LogP contribution < -0.4 is 14.8 Å². The summed E-state index contributed by atoms with van der Waals surface area (Å²) in [5, 5.41) is 8.85. The number of benzene rings is 1. The van der Waals surface area contributed by atoms with Crippen molar-refractivity contribution in [1.82, 2.24) is 15.2 Å². The van der Waals surface area contributed by atoms with Crippen LogP contribution in [0.4, 0.5) is 27.6 Å². The van der Waals surface area contributed by atoms with Crippen LogP contribution in [0.2, 0.25) is 0 Å². The Morgan fingerprint density at radius 2 is 1.87 bits per heavy atom. The predicted octanol–water partition coefficient (Wildman–Crippen LogP) is 5.78. The van der Waals surface area contributed by atoms with Crippen molar-refractivity contribution in [2.45, 2.75) is 42.9 Å². The number of nitrogens with one attached hydrogen (secondary N) is 2. The Morgan fingerprint density at radius 1 is 1.18 bits per heavy atom. The highest BCUT2D eigenvalue weighted by atomic mass is 32.2. The van der Waals surface area contributed by atoms with Gasteiger partial charge in [0.25, 0.3) is 17.7 Å². The van der Waals surface area contributed by atoms with E-state index >= 15 is 4.39 Å². The third kappa shape index (κ3) is 5.62. The number of ether oxygens (including phenoxy) is 2. The fraction of sp³-hybridized carbons (Fsp3) is 0.333. The molecule has 39 heavy (non-hydrogen) atoms. The van der Waals surface area contributed by atoms with Gasteiger partial charge in [0.15, 0.2) is 17.2 Å². The molecule has 1 fully saturated rings. The van der Waals surface area contributed by atoms with Crippen LogP contribution in [0.25, 0.3) is 0 Å². The summed E-state index contributed by atoms with van der Waals surface area (Å²) < 4.78 is 101. The minimum Gasteiger partial charge on any atom is -0.478 e. The first-order chi connectivity index (χ1) is 18.1. The van der Waals surface area contributed by atoms with Gasteiger partial charge >= 0.3 is 6.18 Å². The third-order valence-corrected chi connectivity index (χ3v) is 7.27. The van der Waals surface area contributed by atoms with Crippen LogP contribution in [0.5, 0.6) is 17.5 Å². The number of halogens is 5. The number of carbonyl (C=O) groups excluding carboxylic acids is 1. The second-order valence-electron chi connectivity index (χ2n) is 8.93. The Kier molecular flexibility index (Phi) is 7.23. The van der Waals surface area contributed by atoms with Crippen molar-refractivity contribution in [2.24, 2.45) is 0 Å². The number of hydrogen-bond acceptors (Lipinski definition) is 8. The molecule has 2 heterocycles. The number of methoxy groups -OCH3 is 1. The minimum absolute atomic E-state index is 0.0126. The fourth-order valence-electron chi connectivity index (χ4n) is 3.90. The number of pyridine rings is 1. The summed E-state index contributed by atoms with van der Waals surface area (Å²) in [6.07, 6.45) is -2.99. The van der Waals surface area contributed by atoms with Crippen molar-refractivity contribution >= 4 is 21.3 Å². The molecule has 4 rings (SSSR count). The number of aromatic nitrogens is 3. The van der Waals surface area contributed by atoms with E-state index in [1.54, 1.807) is 0 Å². The van der Waals surface area contributed by atoms with Gasteiger partial charge in [0.2, 0.25) is 5.75 Å². The van der Waals surface area contributed by atoms with E-state index in [1.165, 1.54) is 24.3 Å². The van der Waals surface area contributed by atoms with Crippen molar-refractivity contribution in [3.05, 3.63) is 58.7 Å². The Hall–Kier alpha value is -3.88. The Labute approximate surface area is 219 Å². The molecular formula is C24H22F5N5O4S. The van der Waals surface area contributed by atoms with E-state index in [2.05, 4.69) is 20.5 Å². The molecule has 3 aromatic rings. The standard InChI is InChI=1S/C24H22F5N5O4S/c1-12-17(20(35)31-13-6-4-7-14(10-13)39(3,30)36)21(34-33-19(12)24(27,28)29)38-18-15(25)11-16(32-22(18)37-2)23(26)8-5-9-23/h4,6-7,10-11,30H,5,8-9H2,1-3H3,(H,31,35). The van der Waals surface area contributed by atoms with Crippen LogP contribution in [-0.4, -0.2) is 38.7 Å². The first-order valence-corrected chi connectivity index (χ1v) is 13.3. The van der Waals surface area contributed by atoms with Crippen LogP contribution in [-0.2, 0) is 21.6 Å². The molecule has 9 nitrogen and oxygen atoms in total. The Morgan fingerprint density at radius 3 is 2.44 bits per heavy atom. The summed E-state index contributed by atoms with van der Waals surface area (Å²) in [5.74, 6) is -4.35. The molecule has 208 valence electrons. The van der Waals surface area contributed by atoms with Crippen LogP contribution in [0.3, 0.4) is 0 Å². The molecule has 1 saturated carbocycles. The molecule has 0 radical (unpaired) electrons. The van der Waals surface area contributed by atoms with Crippen molar-refractivity contribution in [3.63, 3.8) is 0 Å². The molecule has 15 heteroatoms. The van der Waals surface area contributed by atoms with E-state index in [0.29, 0.717) is 6.42 Å². The molecule has 1 unspecified atom stereocenters. The van der Waals surface area contributed by atoms with Crippen molar-refractivity contribution in [1.29, 1.82) is 4.78 Å². The van der Waals surface area contributed by atoms with Gasteiger partial charge in [0.05, 0.1) is 22.5 Å². The molecule has 0 spiro atoms. The summed E-state index contributed by atoms with van der Waals surface area (Å²) in [4.78, 5) is 17.2. The maximum Gasteiger partial charge on any atom is 0.435 e. The summed E-state index contributed by atoms with van der Waals surface area (Å²) in [6, 6.07) is 6.15. The quantitative estimate of drug-likeness (QED) is 0.345. The SMILES string of the molecule is COc1nc(C2(F)CCC2)cc(F)c1Oc1nnc(C(F)(F)F)c(C)c1C(=O)Nc1cccc(S(C)(=N)=O)c1. The van der Waals surface area contributed by atoms with E-state index in [-0.39, 0.29) is 29.1 Å². The molecule has 1 amide bonds. The second-order valence-corrected chi connectivity index (χ2v) is 11.1. The number of amides is 1. The zero-order valence-corrected chi connectivity index (χ0v) is 21.6. The fourth-order valence-corrected chi connectivity index (χ4v) is 4.59. The first-order valence-electron chi connectivity index (χ1n) is 11.4. The average molecular weight is 572 g/mol. The van der Waals surface area contributed by atoms with Gasteiger partial charge in [0.1, 0.15) is 5.56 Å².